The van der Waals surface area contributed by atoms with Crippen molar-refractivity contribution in [1.29, 1.82) is 0 Å². The van der Waals surface area contributed by atoms with E-state index in [1.807, 2.05) is 14.2 Å². The van der Waals surface area contributed by atoms with E-state index < -0.39 is 0 Å². The maximum Gasteiger partial charge on any atom is 0.253 e. The molecule has 1 amide bonds. The molecule has 1 N–H and O–H groups in total. The van der Waals surface area contributed by atoms with Gasteiger partial charge in [-0.15, -0.1) is 0 Å². The molecule has 0 bridgehead atoms. The van der Waals surface area contributed by atoms with Crippen molar-refractivity contribution in [2.24, 2.45) is 0 Å². The van der Waals surface area contributed by atoms with Crippen LogP contribution in [0, 0.1) is 0 Å². The van der Waals surface area contributed by atoms with Crippen molar-refractivity contribution in [2.45, 2.75) is 6.82 Å². The van der Waals surface area contributed by atoms with E-state index in [-0.39, 0.29) is 12.5 Å². The zero-order chi connectivity index (χ0) is 9.68. The molecule has 0 saturated carbocycles. The zero-order valence-corrected chi connectivity index (χ0v) is 7.36. The number of nitrogens with one attached hydrogen (secondary N) is 1. The Morgan fingerprint density at radius 1 is 1.77 bits per heavy atom. The standard InChI is InChI=1S/C8H10BN2O2/c1-9-11-4-2-7(6-11)8(13)10-3-5-12/h2,4-6H,3H2,1H3,(H,10,13). The summed E-state index contributed by atoms with van der Waals surface area (Å²) in [6.07, 6.45) is 4.12. The van der Waals surface area contributed by atoms with Crippen LogP contribution in [0.1, 0.15) is 10.4 Å². The second kappa shape index (κ2) is 4.50. The van der Waals surface area contributed by atoms with Crippen LogP contribution < -0.4 is 5.32 Å². The summed E-state index contributed by atoms with van der Waals surface area (Å²) in [5.41, 5.74) is 0.556. The summed E-state index contributed by atoms with van der Waals surface area (Å²) >= 11 is 0. The van der Waals surface area contributed by atoms with Crippen LogP contribution in [0.2, 0.25) is 6.82 Å². The Kier molecular flexibility index (Phi) is 3.31. The summed E-state index contributed by atoms with van der Waals surface area (Å²) in [6.45, 7) is 1.92. The van der Waals surface area contributed by atoms with Gasteiger partial charge in [-0.25, -0.2) is 0 Å². The zero-order valence-electron chi connectivity index (χ0n) is 7.36. The summed E-state index contributed by atoms with van der Waals surface area (Å²) < 4.78 is 1.77. The van der Waals surface area contributed by atoms with Crippen molar-refractivity contribution < 1.29 is 9.59 Å². The highest BCUT2D eigenvalue weighted by molar-refractivity contribution is 6.31. The summed E-state index contributed by atoms with van der Waals surface area (Å²) in [5.74, 6) is -0.229. The number of carbonyl (C=O) groups excluding carboxylic acids is 2. The highest BCUT2D eigenvalue weighted by Crippen LogP contribution is 1.98. The lowest BCUT2D eigenvalue weighted by Crippen LogP contribution is -2.24. The van der Waals surface area contributed by atoms with Crippen LogP contribution in [0.15, 0.2) is 18.5 Å². The third kappa shape index (κ3) is 2.47. The van der Waals surface area contributed by atoms with E-state index in [9.17, 15) is 9.59 Å². The molecule has 1 radical (unpaired) electrons. The van der Waals surface area contributed by atoms with E-state index in [0.29, 0.717) is 11.8 Å². The topological polar surface area (TPSA) is 51.1 Å². The predicted molar refractivity (Wildman–Crippen MR) is 49.8 cm³/mol. The maximum absolute atomic E-state index is 11.2. The van der Waals surface area contributed by atoms with E-state index in [2.05, 4.69) is 5.32 Å². The van der Waals surface area contributed by atoms with Crippen molar-refractivity contribution >= 4 is 19.6 Å². The Hall–Kier alpha value is -1.52. The number of aromatic nitrogens is 1. The van der Waals surface area contributed by atoms with E-state index in [1.54, 1.807) is 22.9 Å². The molecule has 0 atom stereocenters. The molecule has 0 aliphatic heterocycles. The largest absolute Gasteiger partial charge is 0.402 e. The molecule has 1 aromatic heterocycles. The number of hydrogen-bond acceptors (Lipinski definition) is 2. The molecular weight excluding hydrogens is 167 g/mol. The average molecular weight is 177 g/mol. The van der Waals surface area contributed by atoms with Gasteiger partial charge in [0.05, 0.1) is 12.1 Å². The lowest BCUT2D eigenvalue weighted by molar-refractivity contribution is -0.107. The molecule has 5 heteroatoms. The van der Waals surface area contributed by atoms with Crippen molar-refractivity contribution in [1.82, 2.24) is 9.79 Å². The van der Waals surface area contributed by atoms with Crippen molar-refractivity contribution in [3.05, 3.63) is 24.0 Å². The van der Waals surface area contributed by atoms with Crippen LogP contribution in [-0.2, 0) is 4.79 Å². The minimum absolute atomic E-state index is 0.0554. The summed E-state index contributed by atoms with van der Waals surface area (Å²) in [6, 6.07) is 1.69. The van der Waals surface area contributed by atoms with Crippen LogP contribution in [0.5, 0.6) is 0 Å². The lowest BCUT2D eigenvalue weighted by Gasteiger charge is -1.97. The molecule has 1 heterocycles. The molecule has 1 rings (SSSR count). The molecular formula is C8H10BN2O2. The number of hydrogen-bond donors (Lipinski definition) is 1. The van der Waals surface area contributed by atoms with E-state index >= 15 is 0 Å². The second-order valence-electron chi connectivity index (χ2n) is 2.48. The fraction of sp³-hybridized carbons (Fsp3) is 0.250. The van der Waals surface area contributed by atoms with Gasteiger partial charge in [-0.1, -0.05) is 6.82 Å². The first kappa shape index (κ1) is 9.57. The van der Waals surface area contributed by atoms with Gasteiger partial charge in [0.25, 0.3) is 5.91 Å². The number of carbonyl (C=O) groups is 2. The van der Waals surface area contributed by atoms with Gasteiger partial charge in [-0.05, 0) is 12.3 Å². The highest BCUT2D eigenvalue weighted by Gasteiger charge is 2.05. The molecule has 0 aliphatic rings. The van der Waals surface area contributed by atoms with E-state index in [4.69, 9.17) is 0 Å². The van der Waals surface area contributed by atoms with Gasteiger partial charge in [0.1, 0.15) is 6.29 Å². The van der Waals surface area contributed by atoms with Crippen molar-refractivity contribution in [2.75, 3.05) is 6.54 Å². The van der Waals surface area contributed by atoms with Crippen LogP contribution >= 0.6 is 0 Å². The number of rotatable bonds is 4. The average Bonchev–Trinajstić information content (AvgIpc) is 2.62. The second-order valence-corrected chi connectivity index (χ2v) is 2.48. The van der Waals surface area contributed by atoms with Gasteiger partial charge in [0, 0.05) is 6.20 Å². The van der Waals surface area contributed by atoms with Gasteiger partial charge >= 0.3 is 0 Å². The number of aldehydes is 1. The van der Waals surface area contributed by atoms with E-state index in [0.717, 1.165) is 0 Å². The summed E-state index contributed by atoms with van der Waals surface area (Å²) in [7, 11) is 1.83. The molecule has 67 valence electrons. The summed E-state index contributed by atoms with van der Waals surface area (Å²) in [4.78, 5) is 21.2. The van der Waals surface area contributed by atoms with Gasteiger partial charge in [-0.2, -0.15) is 0 Å². The first-order valence-electron chi connectivity index (χ1n) is 3.96. The Morgan fingerprint density at radius 3 is 3.08 bits per heavy atom. The normalized spacial score (nSPS) is 9.31. The van der Waals surface area contributed by atoms with Crippen molar-refractivity contribution in [3.63, 3.8) is 0 Å². The SMILES string of the molecule is C[B]n1ccc(C(=O)NCC=O)c1. The van der Waals surface area contributed by atoms with Gasteiger partial charge in [0.15, 0.2) is 0 Å². The quantitative estimate of drug-likeness (QED) is 0.517. The predicted octanol–water partition coefficient (Wildman–Crippen LogP) is -0.0678. The van der Waals surface area contributed by atoms with Gasteiger partial charge < -0.3 is 14.6 Å². The fourth-order valence-corrected chi connectivity index (χ4v) is 0.944. The smallest absolute Gasteiger partial charge is 0.253 e. The molecule has 13 heavy (non-hydrogen) atoms. The monoisotopic (exact) mass is 177 g/mol. The summed E-state index contributed by atoms with van der Waals surface area (Å²) in [5, 5.41) is 2.45. The molecule has 1 aromatic rings. The van der Waals surface area contributed by atoms with Crippen LogP contribution in [0.25, 0.3) is 0 Å². The van der Waals surface area contributed by atoms with Gasteiger partial charge in [0.2, 0.25) is 7.41 Å². The molecule has 0 aliphatic carbocycles. The fourth-order valence-electron chi connectivity index (χ4n) is 0.944. The van der Waals surface area contributed by atoms with E-state index in [1.165, 1.54) is 0 Å². The third-order valence-corrected chi connectivity index (χ3v) is 1.62. The molecule has 0 spiro atoms. The molecule has 0 fully saturated rings. The van der Waals surface area contributed by atoms with Crippen LogP contribution in [-0.4, -0.2) is 30.6 Å². The van der Waals surface area contributed by atoms with Crippen LogP contribution in [0.3, 0.4) is 0 Å². The third-order valence-electron chi connectivity index (χ3n) is 1.62. The molecule has 0 aromatic carbocycles. The first-order chi connectivity index (χ1) is 6.27. The Morgan fingerprint density at radius 2 is 2.54 bits per heavy atom. The Balaban J connectivity index is 2.60. The Labute approximate surface area is 77.2 Å². The number of nitrogens with zero attached hydrogens (tertiary/aromatic N) is 1. The van der Waals surface area contributed by atoms with Crippen LogP contribution in [0.4, 0.5) is 0 Å². The lowest BCUT2D eigenvalue weighted by atomic mass is 10.0. The molecule has 0 unspecified atom stereocenters. The minimum Gasteiger partial charge on any atom is -0.402 e. The molecule has 0 saturated heterocycles. The highest BCUT2D eigenvalue weighted by atomic mass is 16.2. The maximum atomic E-state index is 11.2. The number of amides is 1. The van der Waals surface area contributed by atoms with Crippen molar-refractivity contribution in [3.8, 4) is 0 Å². The minimum atomic E-state index is -0.229. The molecule has 4 nitrogen and oxygen atoms in total. The first-order valence-corrected chi connectivity index (χ1v) is 3.96. The van der Waals surface area contributed by atoms with Gasteiger partial charge in [-0.3, -0.25) is 4.79 Å². The Bertz CT molecular complexity index is 309.